The number of carbonyl (C=O) groups excluding carboxylic acids is 4. The number of hydrogen-bond donors (Lipinski definition) is 0. The van der Waals surface area contributed by atoms with Crippen molar-refractivity contribution in [3.8, 4) is 11.5 Å². The minimum absolute atomic E-state index is 0.0884. The number of anilines is 2. The van der Waals surface area contributed by atoms with Crippen LogP contribution in [0.1, 0.15) is 73.6 Å². The molecule has 0 saturated carbocycles. The van der Waals surface area contributed by atoms with Gasteiger partial charge in [-0.05, 0) is 63.1 Å². The number of benzene rings is 3. The van der Waals surface area contributed by atoms with Gasteiger partial charge in [-0.25, -0.2) is 0 Å². The van der Waals surface area contributed by atoms with Gasteiger partial charge in [0.25, 0.3) is 0 Å². The number of nitrogens with zero attached hydrogens (tertiary/aromatic N) is 2. The number of para-hydroxylation sites is 2. The van der Waals surface area contributed by atoms with E-state index >= 15 is 0 Å². The molecule has 0 aliphatic carbocycles. The lowest BCUT2D eigenvalue weighted by atomic mass is 9.80. The van der Waals surface area contributed by atoms with Crippen LogP contribution in [0.5, 0.6) is 11.5 Å². The third-order valence-corrected chi connectivity index (χ3v) is 8.51. The first kappa shape index (κ1) is 24.6. The van der Waals surface area contributed by atoms with Crippen LogP contribution in [0.15, 0.2) is 60.7 Å². The van der Waals surface area contributed by atoms with E-state index in [1.165, 1.54) is 0 Å². The number of esters is 2. The highest BCUT2D eigenvalue weighted by Gasteiger charge is 2.53. The van der Waals surface area contributed by atoms with Gasteiger partial charge in [0.05, 0.1) is 11.8 Å². The topological polar surface area (TPSA) is 93.2 Å². The molecular weight excluding hydrogens is 508 g/mol. The van der Waals surface area contributed by atoms with Crippen LogP contribution >= 0.6 is 0 Å². The van der Waals surface area contributed by atoms with E-state index in [9.17, 15) is 19.2 Å². The molecule has 4 aliphatic heterocycles. The Morgan fingerprint density at radius 1 is 0.550 bits per heavy atom. The molecular formula is C32H28N2O6. The summed E-state index contributed by atoms with van der Waals surface area (Å²) in [4.78, 5) is 57.5. The van der Waals surface area contributed by atoms with Gasteiger partial charge in [0.15, 0.2) is 0 Å². The van der Waals surface area contributed by atoms with Crippen LogP contribution in [0, 0.1) is 0 Å². The molecule has 202 valence electrons. The molecule has 8 nitrogen and oxygen atoms in total. The van der Waals surface area contributed by atoms with Crippen LogP contribution in [0.25, 0.3) is 0 Å². The van der Waals surface area contributed by atoms with E-state index in [0.29, 0.717) is 22.6 Å². The molecule has 0 radical (unpaired) electrons. The standard InChI is InChI=1S/C32H28N2O6/c1-15(2)33-21-11-7-5-9-17(21)25(29(33)35)27-19-13-24-20(14-23(19)39-31(27)37)28(32(38)40-24)26-18-10-6-8-12-22(18)34(16(3)4)30(26)36/h5-16,25-28H,1-4H3. The molecule has 40 heavy (non-hydrogen) atoms. The van der Waals surface area contributed by atoms with Crippen LogP contribution in [-0.4, -0.2) is 35.8 Å². The Bertz CT molecular complexity index is 1520. The maximum atomic E-state index is 13.7. The Kier molecular flexibility index (Phi) is 5.23. The predicted octanol–water partition coefficient (Wildman–Crippen LogP) is 4.77. The zero-order valence-electron chi connectivity index (χ0n) is 22.6. The number of carbonyl (C=O) groups is 4. The van der Waals surface area contributed by atoms with Gasteiger partial charge in [-0.1, -0.05) is 36.4 Å². The van der Waals surface area contributed by atoms with Crippen molar-refractivity contribution >= 4 is 35.1 Å². The highest BCUT2D eigenvalue weighted by Crippen LogP contribution is 2.56. The second-order valence-electron chi connectivity index (χ2n) is 11.4. The van der Waals surface area contributed by atoms with Crippen molar-refractivity contribution in [2.45, 2.75) is 63.5 Å². The molecule has 8 heteroatoms. The smallest absolute Gasteiger partial charge is 0.320 e. The van der Waals surface area contributed by atoms with Gasteiger partial charge >= 0.3 is 11.9 Å². The summed E-state index contributed by atoms with van der Waals surface area (Å²) in [6.45, 7) is 7.75. The number of amides is 2. The zero-order chi connectivity index (χ0) is 28.0. The largest absolute Gasteiger partial charge is 0.426 e. The third-order valence-electron chi connectivity index (χ3n) is 8.51. The Morgan fingerprint density at radius 3 is 1.30 bits per heavy atom. The first-order valence-electron chi connectivity index (χ1n) is 13.6. The fourth-order valence-electron chi connectivity index (χ4n) is 6.94. The molecule has 4 atom stereocenters. The predicted molar refractivity (Wildman–Crippen MR) is 147 cm³/mol. The van der Waals surface area contributed by atoms with Crippen molar-refractivity contribution in [3.63, 3.8) is 0 Å². The van der Waals surface area contributed by atoms with Gasteiger partial charge in [0.2, 0.25) is 11.8 Å². The van der Waals surface area contributed by atoms with Crippen LogP contribution in [0.3, 0.4) is 0 Å². The average Bonchev–Trinajstić information content (AvgIpc) is 3.58. The molecule has 4 aliphatic rings. The molecule has 0 N–H and O–H groups in total. The number of fused-ring (bicyclic) bond motifs is 4. The first-order chi connectivity index (χ1) is 19.2. The minimum atomic E-state index is -0.874. The van der Waals surface area contributed by atoms with E-state index in [1.807, 2.05) is 76.2 Å². The van der Waals surface area contributed by atoms with Gasteiger partial charge in [-0.3, -0.25) is 19.2 Å². The van der Waals surface area contributed by atoms with Gasteiger partial charge in [-0.15, -0.1) is 0 Å². The summed E-state index contributed by atoms with van der Waals surface area (Å²) in [5.74, 6) is -4.02. The van der Waals surface area contributed by atoms with Crippen molar-refractivity contribution in [1.82, 2.24) is 0 Å². The molecule has 0 fully saturated rings. The molecule has 4 unspecified atom stereocenters. The SMILES string of the molecule is CC(C)N1C(=O)C(C2C(=O)Oc3cc4c(cc32)OC(=O)C4C2C(=O)N(C(C)C)c3ccccc32)c2ccccc21. The van der Waals surface area contributed by atoms with Gasteiger partial charge in [-0.2, -0.15) is 0 Å². The molecule has 0 aromatic heterocycles. The van der Waals surface area contributed by atoms with E-state index in [2.05, 4.69) is 0 Å². The van der Waals surface area contributed by atoms with Crippen molar-refractivity contribution < 1.29 is 28.7 Å². The second-order valence-corrected chi connectivity index (χ2v) is 11.4. The maximum Gasteiger partial charge on any atom is 0.320 e. The molecule has 7 rings (SSSR count). The Labute approximate surface area is 231 Å². The highest BCUT2D eigenvalue weighted by atomic mass is 16.5. The molecule has 3 aromatic rings. The molecule has 0 saturated heterocycles. The van der Waals surface area contributed by atoms with Crippen molar-refractivity contribution in [2.24, 2.45) is 0 Å². The number of rotatable bonds is 4. The lowest BCUT2D eigenvalue weighted by Crippen LogP contribution is -2.37. The summed E-state index contributed by atoms with van der Waals surface area (Å²) in [6, 6.07) is 18.1. The van der Waals surface area contributed by atoms with Crippen LogP contribution in [0.4, 0.5) is 11.4 Å². The Balaban J connectivity index is 1.31. The van der Waals surface area contributed by atoms with Crippen LogP contribution in [-0.2, 0) is 19.2 Å². The fourth-order valence-corrected chi connectivity index (χ4v) is 6.94. The lowest BCUT2D eigenvalue weighted by molar-refractivity contribution is -0.136. The molecule has 0 spiro atoms. The van der Waals surface area contributed by atoms with E-state index in [-0.39, 0.29) is 23.9 Å². The fraction of sp³-hybridized carbons (Fsp3) is 0.312. The molecule has 2 amide bonds. The summed E-state index contributed by atoms with van der Waals surface area (Å²) in [5.41, 5.74) is 4.14. The summed E-state index contributed by atoms with van der Waals surface area (Å²) < 4.78 is 11.5. The van der Waals surface area contributed by atoms with Crippen molar-refractivity contribution in [3.05, 3.63) is 82.9 Å². The van der Waals surface area contributed by atoms with Crippen molar-refractivity contribution in [2.75, 3.05) is 9.80 Å². The molecule has 0 bridgehead atoms. The second kappa shape index (κ2) is 8.52. The normalized spacial score (nSPS) is 24.4. The highest BCUT2D eigenvalue weighted by molar-refractivity contribution is 6.11. The monoisotopic (exact) mass is 536 g/mol. The maximum absolute atomic E-state index is 13.7. The summed E-state index contributed by atoms with van der Waals surface area (Å²) in [6.07, 6.45) is 0. The van der Waals surface area contributed by atoms with Gasteiger partial charge in [0, 0.05) is 34.6 Å². The van der Waals surface area contributed by atoms with Gasteiger partial charge < -0.3 is 19.3 Å². The van der Waals surface area contributed by atoms with Crippen molar-refractivity contribution in [1.29, 1.82) is 0 Å². The van der Waals surface area contributed by atoms with E-state index in [1.54, 1.807) is 21.9 Å². The average molecular weight is 537 g/mol. The first-order valence-corrected chi connectivity index (χ1v) is 13.6. The zero-order valence-corrected chi connectivity index (χ0v) is 22.6. The van der Waals surface area contributed by atoms with Crippen LogP contribution in [0.2, 0.25) is 0 Å². The van der Waals surface area contributed by atoms with E-state index < -0.39 is 35.6 Å². The van der Waals surface area contributed by atoms with Gasteiger partial charge in [0.1, 0.15) is 23.3 Å². The third kappa shape index (κ3) is 3.19. The molecule has 4 heterocycles. The Hall–Kier alpha value is -4.46. The van der Waals surface area contributed by atoms with Crippen LogP contribution < -0.4 is 19.3 Å². The molecule has 3 aromatic carbocycles. The lowest BCUT2D eigenvalue weighted by Gasteiger charge is -2.23. The quantitative estimate of drug-likeness (QED) is 0.352. The summed E-state index contributed by atoms with van der Waals surface area (Å²) in [5, 5.41) is 0. The minimum Gasteiger partial charge on any atom is -0.426 e. The van der Waals surface area contributed by atoms with E-state index in [4.69, 9.17) is 9.47 Å². The number of ether oxygens (including phenoxy) is 2. The number of hydrogen-bond acceptors (Lipinski definition) is 6. The Morgan fingerprint density at radius 2 is 0.925 bits per heavy atom. The summed E-state index contributed by atoms with van der Waals surface area (Å²) in [7, 11) is 0. The van der Waals surface area contributed by atoms with E-state index in [0.717, 1.165) is 22.5 Å². The summed E-state index contributed by atoms with van der Waals surface area (Å²) >= 11 is 0.